The molecule has 1 aliphatic carbocycles. The number of aromatic nitrogens is 1. The molecular formula is C35H25N. The Morgan fingerprint density at radius 2 is 1.19 bits per heavy atom. The molecule has 0 N–H and O–H groups in total. The number of fused-ring (bicyclic) bond motifs is 9. The molecule has 0 amide bonds. The number of rotatable bonds is 1. The summed E-state index contributed by atoms with van der Waals surface area (Å²) < 4.78 is 2.45. The van der Waals surface area contributed by atoms with Gasteiger partial charge in [-0.3, -0.25) is 0 Å². The van der Waals surface area contributed by atoms with Crippen LogP contribution in [0, 0.1) is 0 Å². The van der Waals surface area contributed by atoms with Crippen LogP contribution in [0.25, 0.3) is 60.2 Å². The zero-order valence-electron chi connectivity index (χ0n) is 20.4. The zero-order chi connectivity index (χ0) is 24.0. The van der Waals surface area contributed by atoms with Gasteiger partial charge in [0.15, 0.2) is 0 Å². The lowest BCUT2D eigenvalue weighted by atomic mass is 9.82. The van der Waals surface area contributed by atoms with Crippen LogP contribution in [0.5, 0.6) is 0 Å². The second kappa shape index (κ2) is 6.86. The van der Waals surface area contributed by atoms with Crippen LogP contribution in [0.4, 0.5) is 0 Å². The van der Waals surface area contributed by atoms with Gasteiger partial charge in [-0.25, -0.2) is 0 Å². The van der Waals surface area contributed by atoms with E-state index in [2.05, 4.69) is 134 Å². The van der Waals surface area contributed by atoms with Crippen LogP contribution < -0.4 is 0 Å². The SMILES string of the molecule is CC1(C)c2cc3c(cc2-c2c1ccc1ccccc21)c1ccccc1n3-c1ccc2ccccc2c1. The average Bonchev–Trinajstić information content (AvgIpc) is 3.36. The summed E-state index contributed by atoms with van der Waals surface area (Å²) in [4.78, 5) is 0. The van der Waals surface area contributed by atoms with Crippen molar-refractivity contribution in [1.29, 1.82) is 0 Å². The maximum Gasteiger partial charge on any atom is 0.0544 e. The minimum absolute atomic E-state index is 0.0619. The Morgan fingerprint density at radius 1 is 0.500 bits per heavy atom. The topological polar surface area (TPSA) is 4.93 Å². The fourth-order valence-electron chi connectivity index (χ4n) is 6.56. The third-order valence-electron chi connectivity index (χ3n) is 8.35. The maximum atomic E-state index is 2.47. The van der Waals surface area contributed by atoms with Gasteiger partial charge in [0.05, 0.1) is 11.0 Å². The van der Waals surface area contributed by atoms with Crippen molar-refractivity contribution in [3.05, 3.63) is 126 Å². The van der Waals surface area contributed by atoms with E-state index in [1.807, 2.05) is 0 Å². The van der Waals surface area contributed by atoms with Crippen LogP contribution in [-0.4, -0.2) is 4.57 Å². The van der Waals surface area contributed by atoms with Gasteiger partial charge < -0.3 is 4.57 Å². The summed E-state index contributed by atoms with van der Waals surface area (Å²) in [6, 6.07) is 42.6. The summed E-state index contributed by atoms with van der Waals surface area (Å²) in [6.07, 6.45) is 0. The molecule has 0 saturated heterocycles. The van der Waals surface area contributed by atoms with Gasteiger partial charge in [-0.2, -0.15) is 0 Å². The van der Waals surface area contributed by atoms with E-state index in [4.69, 9.17) is 0 Å². The van der Waals surface area contributed by atoms with E-state index in [1.165, 1.54) is 71.3 Å². The van der Waals surface area contributed by atoms with Crippen molar-refractivity contribution in [3.63, 3.8) is 0 Å². The van der Waals surface area contributed by atoms with E-state index >= 15 is 0 Å². The molecule has 1 nitrogen and oxygen atoms in total. The van der Waals surface area contributed by atoms with Crippen LogP contribution in [-0.2, 0) is 5.41 Å². The Morgan fingerprint density at radius 3 is 2.06 bits per heavy atom. The van der Waals surface area contributed by atoms with E-state index in [1.54, 1.807) is 0 Å². The van der Waals surface area contributed by atoms with Crippen molar-refractivity contribution in [2.24, 2.45) is 0 Å². The van der Waals surface area contributed by atoms with Crippen LogP contribution in [0.2, 0.25) is 0 Å². The maximum absolute atomic E-state index is 2.47. The molecule has 0 atom stereocenters. The highest BCUT2D eigenvalue weighted by Crippen LogP contribution is 2.53. The lowest BCUT2D eigenvalue weighted by Crippen LogP contribution is -2.15. The molecule has 0 fully saturated rings. The lowest BCUT2D eigenvalue weighted by molar-refractivity contribution is 0.661. The molecule has 36 heavy (non-hydrogen) atoms. The molecule has 170 valence electrons. The molecule has 0 saturated carbocycles. The van der Waals surface area contributed by atoms with Crippen LogP contribution in [0.1, 0.15) is 25.0 Å². The highest BCUT2D eigenvalue weighted by atomic mass is 15.0. The minimum atomic E-state index is -0.0619. The quantitative estimate of drug-likeness (QED) is 0.230. The molecule has 1 heteroatoms. The number of hydrogen-bond donors (Lipinski definition) is 0. The van der Waals surface area contributed by atoms with Gasteiger partial charge >= 0.3 is 0 Å². The lowest BCUT2D eigenvalue weighted by Gasteiger charge is -2.22. The van der Waals surface area contributed by atoms with E-state index in [-0.39, 0.29) is 5.41 Å². The Kier molecular flexibility index (Phi) is 3.79. The second-order valence-electron chi connectivity index (χ2n) is 10.6. The van der Waals surface area contributed by atoms with Gasteiger partial charge in [0.2, 0.25) is 0 Å². The molecule has 6 aromatic carbocycles. The molecule has 0 radical (unpaired) electrons. The standard InChI is InChI=1S/C35H25N/c1-35(2)30-18-16-23-10-5-6-12-26(23)34(30)29-20-28-27-13-7-8-14-32(27)36(33(28)21-31(29)35)25-17-15-22-9-3-4-11-24(22)19-25/h3-21H,1-2H3. The summed E-state index contributed by atoms with van der Waals surface area (Å²) in [5.41, 5.74) is 9.28. The number of nitrogens with zero attached hydrogens (tertiary/aromatic N) is 1. The first-order valence-electron chi connectivity index (χ1n) is 12.7. The summed E-state index contributed by atoms with van der Waals surface area (Å²) in [5.74, 6) is 0. The summed E-state index contributed by atoms with van der Waals surface area (Å²) in [6.45, 7) is 4.75. The largest absolute Gasteiger partial charge is 0.309 e. The monoisotopic (exact) mass is 459 g/mol. The van der Waals surface area contributed by atoms with E-state index in [9.17, 15) is 0 Å². The molecule has 0 spiro atoms. The Balaban J connectivity index is 1.51. The molecular weight excluding hydrogens is 434 g/mol. The van der Waals surface area contributed by atoms with Crippen LogP contribution in [0.15, 0.2) is 115 Å². The van der Waals surface area contributed by atoms with Gasteiger partial charge in [-0.05, 0) is 74.1 Å². The van der Waals surface area contributed by atoms with Crippen molar-refractivity contribution in [2.45, 2.75) is 19.3 Å². The van der Waals surface area contributed by atoms with Gasteiger partial charge in [-0.15, -0.1) is 0 Å². The van der Waals surface area contributed by atoms with E-state index < -0.39 is 0 Å². The predicted molar refractivity (Wildman–Crippen MR) is 153 cm³/mol. The zero-order valence-corrected chi connectivity index (χ0v) is 20.4. The van der Waals surface area contributed by atoms with Crippen LogP contribution >= 0.6 is 0 Å². The molecule has 0 unspecified atom stereocenters. The Labute approximate surface area is 210 Å². The Bertz CT molecular complexity index is 2020. The number of benzene rings is 6. The van der Waals surface area contributed by atoms with Gasteiger partial charge in [0, 0.05) is 21.9 Å². The number of hydrogen-bond acceptors (Lipinski definition) is 0. The van der Waals surface area contributed by atoms with Gasteiger partial charge in [0.25, 0.3) is 0 Å². The summed E-state index contributed by atoms with van der Waals surface area (Å²) in [5, 5.41) is 7.80. The van der Waals surface area contributed by atoms with E-state index in [0.29, 0.717) is 0 Å². The van der Waals surface area contributed by atoms with Crippen molar-refractivity contribution in [3.8, 4) is 16.8 Å². The second-order valence-corrected chi connectivity index (χ2v) is 10.6. The fraction of sp³-hybridized carbons (Fsp3) is 0.0857. The number of para-hydroxylation sites is 1. The fourth-order valence-corrected chi connectivity index (χ4v) is 6.56. The van der Waals surface area contributed by atoms with E-state index in [0.717, 1.165) is 0 Å². The van der Waals surface area contributed by atoms with Gasteiger partial charge in [0.1, 0.15) is 0 Å². The molecule has 7 aromatic rings. The first-order chi connectivity index (χ1) is 17.6. The molecule has 0 aliphatic heterocycles. The third kappa shape index (κ3) is 2.50. The smallest absolute Gasteiger partial charge is 0.0544 e. The normalized spacial score (nSPS) is 14.1. The molecule has 1 heterocycles. The molecule has 1 aromatic heterocycles. The van der Waals surface area contributed by atoms with Crippen molar-refractivity contribution in [1.82, 2.24) is 4.57 Å². The molecule has 8 rings (SSSR count). The first kappa shape index (κ1) is 19.9. The average molecular weight is 460 g/mol. The van der Waals surface area contributed by atoms with Gasteiger partial charge in [-0.1, -0.05) is 98.8 Å². The highest BCUT2D eigenvalue weighted by molar-refractivity contribution is 6.13. The molecule has 1 aliphatic rings. The third-order valence-corrected chi connectivity index (χ3v) is 8.35. The van der Waals surface area contributed by atoms with Crippen molar-refractivity contribution >= 4 is 43.4 Å². The molecule has 0 bridgehead atoms. The summed E-state index contributed by atoms with van der Waals surface area (Å²) in [7, 11) is 0. The Hall–Kier alpha value is -4.36. The predicted octanol–water partition coefficient (Wildman–Crippen LogP) is 9.40. The first-order valence-corrected chi connectivity index (χ1v) is 12.7. The van der Waals surface area contributed by atoms with Crippen molar-refractivity contribution in [2.75, 3.05) is 0 Å². The van der Waals surface area contributed by atoms with Crippen molar-refractivity contribution < 1.29 is 0 Å². The van der Waals surface area contributed by atoms with Crippen LogP contribution in [0.3, 0.4) is 0 Å². The summed E-state index contributed by atoms with van der Waals surface area (Å²) >= 11 is 0. The minimum Gasteiger partial charge on any atom is -0.309 e. The highest BCUT2D eigenvalue weighted by Gasteiger charge is 2.37.